The first-order chi connectivity index (χ1) is 13.1. The second-order valence-corrected chi connectivity index (χ2v) is 7.53. The highest BCUT2D eigenvalue weighted by Crippen LogP contribution is 2.27. The van der Waals surface area contributed by atoms with Gasteiger partial charge in [0, 0.05) is 30.6 Å². The fourth-order valence-electron chi connectivity index (χ4n) is 4.19. The van der Waals surface area contributed by atoms with Gasteiger partial charge in [-0.3, -0.25) is 9.59 Å². The number of carbonyl (C=O) groups excluding carboxylic acids is 2. The minimum Gasteiger partial charge on any atom is -0.303 e. The number of hydrogen-bond acceptors (Lipinski definition) is 5. The molecule has 4 rings (SSSR count). The SMILES string of the molecule is O=C1CC(CN2CCC(C(=O)c3ccc(F)cc3)CC2)Cc2ncncc21. The monoisotopic (exact) mass is 367 g/mol. The molecule has 140 valence electrons. The van der Waals surface area contributed by atoms with Crippen LogP contribution in [-0.2, 0) is 6.42 Å². The average Bonchev–Trinajstić information content (AvgIpc) is 2.69. The maximum absolute atomic E-state index is 13.0. The molecule has 2 aromatic rings. The molecule has 6 heteroatoms. The normalized spacial score (nSPS) is 21.1. The van der Waals surface area contributed by atoms with Crippen LogP contribution in [-0.4, -0.2) is 46.1 Å². The maximum Gasteiger partial charge on any atom is 0.166 e. The molecule has 1 saturated heterocycles. The number of aromatic nitrogens is 2. The zero-order valence-electron chi connectivity index (χ0n) is 15.1. The van der Waals surface area contributed by atoms with Gasteiger partial charge in [0.05, 0.1) is 11.3 Å². The van der Waals surface area contributed by atoms with E-state index < -0.39 is 0 Å². The quantitative estimate of drug-likeness (QED) is 0.778. The summed E-state index contributed by atoms with van der Waals surface area (Å²) in [5.41, 5.74) is 2.11. The topological polar surface area (TPSA) is 63.2 Å². The van der Waals surface area contributed by atoms with Crippen molar-refractivity contribution < 1.29 is 14.0 Å². The standard InChI is InChI=1S/C21H22FN3O2/c22-17-3-1-15(2-4-17)21(27)16-5-7-25(8-6-16)12-14-9-19-18(20(26)10-14)11-23-13-24-19/h1-4,11,13-14,16H,5-10,12H2. The molecule has 1 aromatic heterocycles. The number of Topliss-reactive ketones (excluding diaryl/α,β-unsaturated/α-hetero) is 2. The Morgan fingerprint density at radius 2 is 1.89 bits per heavy atom. The van der Waals surface area contributed by atoms with Crippen LogP contribution in [0.4, 0.5) is 4.39 Å². The largest absolute Gasteiger partial charge is 0.303 e. The summed E-state index contributed by atoms with van der Waals surface area (Å²) in [7, 11) is 0. The van der Waals surface area contributed by atoms with Crippen LogP contribution in [0.2, 0.25) is 0 Å². The number of likely N-dealkylation sites (tertiary alicyclic amines) is 1. The molecule has 1 aromatic carbocycles. The maximum atomic E-state index is 13.0. The number of nitrogens with zero attached hydrogens (tertiary/aromatic N) is 3. The molecule has 27 heavy (non-hydrogen) atoms. The third-order valence-electron chi connectivity index (χ3n) is 5.65. The third-order valence-corrected chi connectivity index (χ3v) is 5.65. The van der Waals surface area contributed by atoms with Crippen molar-refractivity contribution in [3.8, 4) is 0 Å². The molecule has 2 aliphatic rings. The molecule has 0 amide bonds. The van der Waals surface area contributed by atoms with Crippen LogP contribution in [0.1, 0.15) is 45.7 Å². The van der Waals surface area contributed by atoms with E-state index in [0.29, 0.717) is 17.5 Å². The number of fused-ring (bicyclic) bond motifs is 1. The van der Waals surface area contributed by atoms with Gasteiger partial charge in [0.2, 0.25) is 0 Å². The Labute approximate surface area is 157 Å². The summed E-state index contributed by atoms with van der Waals surface area (Å²) >= 11 is 0. The van der Waals surface area contributed by atoms with Crippen LogP contribution >= 0.6 is 0 Å². The van der Waals surface area contributed by atoms with Gasteiger partial charge in [0.1, 0.15) is 12.1 Å². The minimum absolute atomic E-state index is 0.00633. The number of halogens is 1. The highest BCUT2D eigenvalue weighted by Gasteiger charge is 2.30. The van der Waals surface area contributed by atoms with Gasteiger partial charge in [0.25, 0.3) is 0 Å². The molecule has 1 aliphatic heterocycles. The van der Waals surface area contributed by atoms with Crippen molar-refractivity contribution in [2.24, 2.45) is 11.8 Å². The van der Waals surface area contributed by atoms with Crippen LogP contribution in [0.25, 0.3) is 0 Å². The lowest BCUT2D eigenvalue weighted by Gasteiger charge is -2.34. The molecule has 1 atom stereocenters. The number of hydrogen-bond donors (Lipinski definition) is 0. The Morgan fingerprint density at radius 3 is 2.63 bits per heavy atom. The van der Waals surface area contributed by atoms with E-state index in [9.17, 15) is 14.0 Å². The lowest BCUT2D eigenvalue weighted by molar-refractivity contribution is 0.0812. The van der Waals surface area contributed by atoms with E-state index in [1.165, 1.54) is 18.5 Å². The summed E-state index contributed by atoms with van der Waals surface area (Å²) in [6.07, 6.45) is 6.06. The Balaban J connectivity index is 1.32. The van der Waals surface area contributed by atoms with Gasteiger partial charge in [-0.15, -0.1) is 0 Å². The van der Waals surface area contributed by atoms with Crippen molar-refractivity contribution in [2.75, 3.05) is 19.6 Å². The molecule has 5 nitrogen and oxygen atoms in total. The lowest BCUT2D eigenvalue weighted by Crippen LogP contribution is -2.40. The number of carbonyl (C=O) groups is 2. The molecule has 2 heterocycles. The van der Waals surface area contributed by atoms with Gasteiger partial charge < -0.3 is 4.90 Å². The highest BCUT2D eigenvalue weighted by molar-refractivity contribution is 5.98. The molecule has 1 aliphatic carbocycles. The smallest absolute Gasteiger partial charge is 0.166 e. The second kappa shape index (κ2) is 7.64. The molecule has 0 saturated carbocycles. The van der Waals surface area contributed by atoms with E-state index in [4.69, 9.17) is 0 Å². The zero-order chi connectivity index (χ0) is 18.8. The number of piperidine rings is 1. The Kier molecular flexibility index (Phi) is 5.07. The van der Waals surface area contributed by atoms with Gasteiger partial charge in [-0.25, -0.2) is 14.4 Å². The van der Waals surface area contributed by atoms with Crippen molar-refractivity contribution >= 4 is 11.6 Å². The summed E-state index contributed by atoms with van der Waals surface area (Å²) in [5, 5.41) is 0. The summed E-state index contributed by atoms with van der Waals surface area (Å²) in [6.45, 7) is 2.55. The Hall–Kier alpha value is -2.47. The number of benzene rings is 1. The van der Waals surface area contributed by atoms with Gasteiger partial charge >= 0.3 is 0 Å². The number of ketones is 2. The van der Waals surface area contributed by atoms with Crippen LogP contribution in [0.3, 0.4) is 0 Å². The van der Waals surface area contributed by atoms with Crippen LogP contribution in [0.15, 0.2) is 36.8 Å². The summed E-state index contributed by atoms with van der Waals surface area (Å²) in [6, 6.07) is 5.81. The van der Waals surface area contributed by atoms with E-state index in [1.54, 1.807) is 18.3 Å². The van der Waals surface area contributed by atoms with Crippen LogP contribution < -0.4 is 0 Å². The van der Waals surface area contributed by atoms with E-state index in [-0.39, 0.29) is 29.2 Å². The first kappa shape index (κ1) is 17.9. The molecule has 0 spiro atoms. The Bertz CT molecular complexity index is 845. The van der Waals surface area contributed by atoms with E-state index >= 15 is 0 Å². The molecule has 1 unspecified atom stereocenters. The summed E-state index contributed by atoms with van der Waals surface area (Å²) in [4.78, 5) is 35.4. The average molecular weight is 367 g/mol. The lowest BCUT2D eigenvalue weighted by atomic mass is 9.84. The highest BCUT2D eigenvalue weighted by atomic mass is 19.1. The van der Waals surface area contributed by atoms with Crippen LogP contribution in [0, 0.1) is 17.7 Å². The fraction of sp³-hybridized carbons (Fsp3) is 0.429. The van der Waals surface area contributed by atoms with Crippen molar-refractivity contribution in [2.45, 2.75) is 25.7 Å². The van der Waals surface area contributed by atoms with Gasteiger partial charge in [-0.2, -0.15) is 0 Å². The molecule has 1 fully saturated rings. The molecule has 0 bridgehead atoms. The Morgan fingerprint density at radius 1 is 1.15 bits per heavy atom. The first-order valence-corrected chi connectivity index (χ1v) is 9.44. The molecule has 0 N–H and O–H groups in total. The van der Waals surface area contributed by atoms with Gasteiger partial charge in [-0.05, 0) is 62.5 Å². The van der Waals surface area contributed by atoms with Gasteiger partial charge in [-0.1, -0.05) is 0 Å². The predicted octanol–water partition coefficient (Wildman–Crippen LogP) is 2.96. The van der Waals surface area contributed by atoms with E-state index in [0.717, 1.165) is 44.6 Å². The predicted molar refractivity (Wildman–Crippen MR) is 98.1 cm³/mol. The fourth-order valence-corrected chi connectivity index (χ4v) is 4.19. The molecule has 0 radical (unpaired) electrons. The van der Waals surface area contributed by atoms with Crippen molar-refractivity contribution in [1.29, 1.82) is 0 Å². The molecular formula is C21H22FN3O2. The second-order valence-electron chi connectivity index (χ2n) is 7.53. The van der Waals surface area contributed by atoms with Crippen molar-refractivity contribution in [3.05, 3.63) is 59.4 Å². The van der Waals surface area contributed by atoms with Gasteiger partial charge in [0.15, 0.2) is 11.6 Å². The minimum atomic E-state index is -0.324. The van der Waals surface area contributed by atoms with Crippen molar-refractivity contribution in [3.63, 3.8) is 0 Å². The van der Waals surface area contributed by atoms with Crippen LogP contribution in [0.5, 0.6) is 0 Å². The van der Waals surface area contributed by atoms with E-state index in [1.807, 2.05) is 0 Å². The zero-order valence-corrected chi connectivity index (χ0v) is 15.1. The molecular weight excluding hydrogens is 345 g/mol. The first-order valence-electron chi connectivity index (χ1n) is 9.44. The summed E-state index contributed by atoms with van der Waals surface area (Å²) < 4.78 is 13.0. The van der Waals surface area contributed by atoms with Crippen molar-refractivity contribution in [1.82, 2.24) is 14.9 Å². The van der Waals surface area contributed by atoms with E-state index in [2.05, 4.69) is 14.9 Å². The summed E-state index contributed by atoms with van der Waals surface area (Å²) in [5.74, 6) is 0.170. The number of rotatable bonds is 4. The third kappa shape index (κ3) is 3.95.